The number of rotatable bonds is 2. The fourth-order valence-corrected chi connectivity index (χ4v) is 2.05. The van der Waals surface area contributed by atoms with E-state index in [-0.39, 0.29) is 11.3 Å². The van der Waals surface area contributed by atoms with E-state index in [4.69, 9.17) is 13.9 Å². The predicted molar refractivity (Wildman–Crippen MR) is 63.7 cm³/mol. The van der Waals surface area contributed by atoms with Gasteiger partial charge >= 0.3 is 6.18 Å². The van der Waals surface area contributed by atoms with Crippen LogP contribution in [-0.4, -0.2) is 13.2 Å². The highest BCUT2D eigenvalue weighted by molar-refractivity contribution is 5.59. The van der Waals surface area contributed by atoms with Crippen LogP contribution in [-0.2, 0) is 15.7 Å². The Bertz CT molecular complexity index is 642. The maximum Gasteiger partial charge on any atom is 0.419 e. The highest BCUT2D eigenvalue weighted by Gasteiger charge is 2.34. The Balaban J connectivity index is 1.93. The topological polar surface area (TPSA) is 31.6 Å². The SMILES string of the molecule is Fc1ccc(-c2ccc(C3OCCO3)o2)cc1C(F)(F)F. The van der Waals surface area contributed by atoms with Gasteiger partial charge in [0.2, 0.25) is 6.29 Å². The zero-order valence-corrected chi connectivity index (χ0v) is 10.6. The maximum atomic E-state index is 13.2. The van der Waals surface area contributed by atoms with Gasteiger partial charge in [-0.3, -0.25) is 0 Å². The summed E-state index contributed by atoms with van der Waals surface area (Å²) < 4.78 is 67.2. The van der Waals surface area contributed by atoms with Crippen molar-refractivity contribution >= 4 is 0 Å². The van der Waals surface area contributed by atoms with Crippen LogP contribution in [0.1, 0.15) is 17.6 Å². The fourth-order valence-electron chi connectivity index (χ4n) is 2.05. The van der Waals surface area contributed by atoms with Crippen LogP contribution in [0.5, 0.6) is 0 Å². The van der Waals surface area contributed by atoms with Gasteiger partial charge in [-0.1, -0.05) is 0 Å². The number of hydrogen-bond donors (Lipinski definition) is 0. The van der Waals surface area contributed by atoms with Crippen molar-refractivity contribution in [1.82, 2.24) is 0 Å². The molecule has 3 rings (SSSR count). The van der Waals surface area contributed by atoms with Gasteiger partial charge in [0.15, 0.2) is 5.76 Å². The van der Waals surface area contributed by atoms with E-state index >= 15 is 0 Å². The molecule has 1 saturated heterocycles. The highest BCUT2D eigenvalue weighted by atomic mass is 19.4. The Hall–Kier alpha value is -1.86. The second-order valence-corrected chi connectivity index (χ2v) is 4.47. The Kier molecular flexibility index (Phi) is 3.46. The lowest BCUT2D eigenvalue weighted by atomic mass is 10.1. The molecule has 1 fully saturated rings. The molecule has 0 N–H and O–H groups in total. The van der Waals surface area contributed by atoms with E-state index in [1.54, 1.807) is 6.07 Å². The monoisotopic (exact) mass is 302 g/mol. The molecule has 0 saturated carbocycles. The molecule has 21 heavy (non-hydrogen) atoms. The van der Waals surface area contributed by atoms with Crippen LogP contribution in [0.3, 0.4) is 0 Å². The lowest BCUT2D eigenvalue weighted by Crippen LogP contribution is -2.08. The first-order valence-corrected chi connectivity index (χ1v) is 6.15. The summed E-state index contributed by atoms with van der Waals surface area (Å²) in [5.74, 6) is -0.768. The van der Waals surface area contributed by atoms with E-state index in [9.17, 15) is 17.6 Å². The van der Waals surface area contributed by atoms with Crippen LogP contribution in [0.2, 0.25) is 0 Å². The number of halogens is 4. The Morgan fingerprint density at radius 3 is 2.38 bits per heavy atom. The molecule has 0 unspecified atom stereocenters. The minimum Gasteiger partial charge on any atom is -0.456 e. The minimum absolute atomic E-state index is 0.132. The van der Waals surface area contributed by atoms with Crippen molar-refractivity contribution in [2.24, 2.45) is 0 Å². The largest absolute Gasteiger partial charge is 0.456 e. The van der Waals surface area contributed by atoms with Crippen LogP contribution < -0.4 is 0 Å². The summed E-state index contributed by atoms with van der Waals surface area (Å²) in [4.78, 5) is 0. The van der Waals surface area contributed by atoms with E-state index in [2.05, 4.69) is 0 Å². The highest BCUT2D eigenvalue weighted by Crippen LogP contribution is 2.35. The summed E-state index contributed by atoms with van der Waals surface area (Å²) in [6.07, 6.45) is -5.41. The fraction of sp³-hybridized carbons (Fsp3) is 0.286. The lowest BCUT2D eigenvalue weighted by Gasteiger charge is -2.09. The van der Waals surface area contributed by atoms with Gasteiger partial charge in [0.1, 0.15) is 11.6 Å². The third-order valence-corrected chi connectivity index (χ3v) is 3.04. The van der Waals surface area contributed by atoms with Crippen molar-refractivity contribution < 1.29 is 31.5 Å². The van der Waals surface area contributed by atoms with Crippen LogP contribution in [0.15, 0.2) is 34.7 Å². The van der Waals surface area contributed by atoms with Crippen LogP contribution in [0.4, 0.5) is 17.6 Å². The molecule has 2 heterocycles. The second kappa shape index (κ2) is 5.16. The van der Waals surface area contributed by atoms with Gasteiger partial charge in [-0.05, 0) is 30.3 Å². The summed E-state index contributed by atoms with van der Waals surface area (Å²) in [7, 11) is 0. The quantitative estimate of drug-likeness (QED) is 0.781. The molecule has 1 aliphatic rings. The third kappa shape index (κ3) is 2.79. The molecule has 0 atom stereocenters. The molecular weight excluding hydrogens is 292 g/mol. The van der Waals surface area contributed by atoms with Crippen molar-refractivity contribution in [1.29, 1.82) is 0 Å². The normalized spacial score (nSPS) is 16.6. The molecule has 2 aromatic rings. The van der Waals surface area contributed by atoms with Gasteiger partial charge in [0.25, 0.3) is 0 Å². The molecule has 0 aliphatic carbocycles. The van der Waals surface area contributed by atoms with Crippen molar-refractivity contribution in [2.45, 2.75) is 12.5 Å². The van der Waals surface area contributed by atoms with Gasteiger partial charge < -0.3 is 13.9 Å². The van der Waals surface area contributed by atoms with Crippen molar-refractivity contribution in [2.75, 3.05) is 13.2 Å². The van der Waals surface area contributed by atoms with E-state index < -0.39 is 23.8 Å². The third-order valence-electron chi connectivity index (χ3n) is 3.04. The minimum atomic E-state index is -4.76. The van der Waals surface area contributed by atoms with Crippen LogP contribution >= 0.6 is 0 Å². The molecule has 0 radical (unpaired) electrons. The summed E-state index contributed by atoms with van der Waals surface area (Å²) in [6, 6.07) is 5.76. The molecule has 1 aromatic heterocycles. The van der Waals surface area contributed by atoms with Crippen molar-refractivity contribution in [3.05, 3.63) is 47.5 Å². The smallest absolute Gasteiger partial charge is 0.419 e. The first-order chi connectivity index (χ1) is 9.95. The first-order valence-electron chi connectivity index (χ1n) is 6.15. The number of alkyl halides is 3. The van der Waals surface area contributed by atoms with E-state index in [0.717, 1.165) is 6.07 Å². The van der Waals surface area contributed by atoms with Gasteiger partial charge in [-0.2, -0.15) is 13.2 Å². The summed E-state index contributed by atoms with van der Waals surface area (Å²) in [5, 5.41) is 0. The standard InChI is InChI=1S/C14H10F4O3/c15-10-2-1-8(7-9(10)14(16,17)18)11-3-4-12(21-11)13-19-5-6-20-13/h1-4,7,13H,5-6H2. The predicted octanol–water partition coefficient (Wildman–Crippen LogP) is 4.15. The van der Waals surface area contributed by atoms with E-state index in [1.807, 2.05) is 0 Å². The van der Waals surface area contributed by atoms with Crippen molar-refractivity contribution in [3.63, 3.8) is 0 Å². The molecule has 1 aromatic carbocycles. The van der Waals surface area contributed by atoms with Gasteiger partial charge in [-0.15, -0.1) is 0 Å². The second-order valence-electron chi connectivity index (χ2n) is 4.47. The average molecular weight is 302 g/mol. The zero-order valence-electron chi connectivity index (χ0n) is 10.6. The molecule has 112 valence electrons. The molecule has 7 heteroatoms. The van der Waals surface area contributed by atoms with Gasteiger partial charge in [0.05, 0.1) is 18.8 Å². The number of hydrogen-bond acceptors (Lipinski definition) is 3. The zero-order chi connectivity index (χ0) is 15.0. The van der Waals surface area contributed by atoms with Gasteiger partial charge in [-0.25, -0.2) is 4.39 Å². The summed E-state index contributed by atoms with van der Waals surface area (Å²) in [5.41, 5.74) is -1.20. The van der Waals surface area contributed by atoms with Gasteiger partial charge in [0, 0.05) is 5.56 Å². The molecule has 3 nitrogen and oxygen atoms in total. The van der Waals surface area contributed by atoms with E-state index in [0.29, 0.717) is 25.0 Å². The molecule has 0 bridgehead atoms. The van der Waals surface area contributed by atoms with Crippen LogP contribution in [0, 0.1) is 5.82 Å². The number of furan rings is 1. The van der Waals surface area contributed by atoms with E-state index in [1.165, 1.54) is 12.1 Å². The summed E-state index contributed by atoms with van der Waals surface area (Å²) in [6.45, 7) is 0.852. The number of ether oxygens (including phenoxy) is 2. The molecule has 1 aliphatic heterocycles. The van der Waals surface area contributed by atoms with Crippen LogP contribution in [0.25, 0.3) is 11.3 Å². The Morgan fingerprint density at radius 2 is 1.71 bits per heavy atom. The Labute approximate surface area is 117 Å². The number of benzene rings is 1. The lowest BCUT2D eigenvalue weighted by molar-refractivity contribution is -0.139. The molecule has 0 spiro atoms. The first kappa shape index (κ1) is 14.1. The Morgan fingerprint density at radius 1 is 1.00 bits per heavy atom. The molecule has 0 amide bonds. The van der Waals surface area contributed by atoms with Crippen molar-refractivity contribution in [3.8, 4) is 11.3 Å². The molecular formula is C14H10F4O3. The summed E-state index contributed by atoms with van der Waals surface area (Å²) >= 11 is 0. The average Bonchev–Trinajstić information content (AvgIpc) is 3.09. The maximum absolute atomic E-state index is 13.2.